The van der Waals surface area contributed by atoms with Crippen molar-refractivity contribution >= 4 is 11.7 Å². The van der Waals surface area contributed by atoms with Crippen molar-refractivity contribution in [2.75, 3.05) is 32.8 Å². The molecule has 1 aliphatic rings. The normalized spacial score (nSPS) is 16.0. The third-order valence-corrected chi connectivity index (χ3v) is 4.96. The molecule has 2 amide bonds. The van der Waals surface area contributed by atoms with E-state index >= 15 is 0 Å². The minimum absolute atomic E-state index is 0.194. The number of carbonyl (C=O) groups is 1. The molecule has 2 N–H and O–H groups in total. The Morgan fingerprint density at radius 2 is 2.00 bits per heavy atom. The zero-order valence-electron chi connectivity index (χ0n) is 17.6. The predicted molar refractivity (Wildman–Crippen MR) is 115 cm³/mol. The van der Waals surface area contributed by atoms with Crippen LogP contribution in [0.2, 0.25) is 0 Å². The van der Waals surface area contributed by atoms with Gasteiger partial charge in [-0.2, -0.15) is 0 Å². The van der Waals surface area contributed by atoms with E-state index in [1.54, 1.807) is 14.2 Å². The zero-order chi connectivity index (χ0) is 21.2. The summed E-state index contributed by atoms with van der Waals surface area (Å²) in [5.74, 6) is 1.24. The highest BCUT2D eigenvalue weighted by Gasteiger charge is 2.14. The first kappa shape index (κ1) is 21.9. The molecule has 1 heterocycles. The van der Waals surface area contributed by atoms with Crippen LogP contribution in [0.25, 0.3) is 0 Å². The first-order valence-electron chi connectivity index (χ1n) is 10.2. The third-order valence-electron chi connectivity index (χ3n) is 4.96. The van der Waals surface area contributed by atoms with Gasteiger partial charge in [0, 0.05) is 24.4 Å². The Morgan fingerprint density at radius 1 is 1.13 bits per heavy atom. The highest BCUT2D eigenvalue weighted by Crippen LogP contribution is 2.30. The maximum Gasteiger partial charge on any atom is 0.319 e. The van der Waals surface area contributed by atoms with Crippen molar-refractivity contribution in [2.24, 2.45) is 0 Å². The first-order valence-corrected chi connectivity index (χ1v) is 10.2. The third kappa shape index (κ3) is 6.37. The molecule has 7 nitrogen and oxygen atoms in total. The number of methoxy groups -OCH3 is 2. The Balaban J connectivity index is 1.48. The molecule has 162 valence electrons. The molecule has 0 radical (unpaired) electrons. The van der Waals surface area contributed by atoms with Crippen LogP contribution in [0, 0.1) is 0 Å². The van der Waals surface area contributed by atoms with Gasteiger partial charge in [-0.3, -0.25) is 0 Å². The van der Waals surface area contributed by atoms with Gasteiger partial charge in [-0.25, -0.2) is 4.79 Å². The maximum absolute atomic E-state index is 12.3. The van der Waals surface area contributed by atoms with Crippen LogP contribution in [-0.2, 0) is 22.6 Å². The summed E-state index contributed by atoms with van der Waals surface area (Å²) in [7, 11) is 3.16. The summed E-state index contributed by atoms with van der Waals surface area (Å²) in [5, 5.41) is 5.70. The number of para-hydroxylation sites is 1. The van der Waals surface area contributed by atoms with Gasteiger partial charge < -0.3 is 29.6 Å². The minimum Gasteiger partial charge on any atom is -0.493 e. The van der Waals surface area contributed by atoms with Crippen molar-refractivity contribution in [2.45, 2.75) is 38.5 Å². The second-order valence-electron chi connectivity index (χ2n) is 7.16. The molecule has 1 unspecified atom stereocenters. The molecule has 0 spiro atoms. The van der Waals surface area contributed by atoms with Crippen molar-refractivity contribution in [1.82, 2.24) is 5.32 Å². The number of ether oxygens (including phenoxy) is 4. The monoisotopic (exact) mass is 414 g/mol. The molecule has 0 bridgehead atoms. The van der Waals surface area contributed by atoms with Gasteiger partial charge in [0.2, 0.25) is 0 Å². The van der Waals surface area contributed by atoms with E-state index in [1.165, 1.54) is 6.42 Å². The lowest BCUT2D eigenvalue weighted by atomic mass is 10.1. The smallest absolute Gasteiger partial charge is 0.319 e. The molecule has 1 fully saturated rings. The van der Waals surface area contributed by atoms with Crippen molar-refractivity contribution in [3.63, 3.8) is 0 Å². The molecule has 3 rings (SSSR count). The highest BCUT2D eigenvalue weighted by atomic mass is 16.5. The van der Waals surface area contributed by atoms with Gasteiger partial charge in [-0.05, 0) is 43.0 Å². The summed E-state index contributed by atoms with van der Waals surface area (Å²) in [4.78, 5) is 12.3. The molecule has 0 saturated carbocycles. The van der Waals surface area contributed by atoms with Crippen molar-refractivity contribution in [3.8, 4) is 11.5 Å². The first-order chi connectivity index (χ1) is 14.7. The average Bonchev–Trinajstić information content (AvgIpc) is 2.78. The van der Waals surface area contributed by atoms with Crippen LogP contribution >= 0.6 is 0 Å². The van der Waals surface area contributed by atoms with Gasteiger partial charge in [-0.1, -0.05) is 24.3 Å². The van der Waals surface area contributed by atoms with Crippen LogP contribution in [0.4, 0.5) is 10.5 Å². The molecule has 2 aromatic rings. The molecular weight excluding hydrogens is 384 g/mol. The Morgan fingerprint density at radius 3 is 2.77 bits per heavy atom. The largest absolute Gasteiger partial charge is 0.493 e. The second kappa shape index (κ2) is 11.4. The fourth-order valence-corrected chi connectivity index (χ4v) is 3.43. The van der Waals surface area contributed by atoms with Gasteiger partial charge in [-0.15, -0.1) is 0 Å². The van der Waals surface area contributed by atoms with Gasteiger partial charge in [0.25, 0.3) is 0 Å². The van der Waals surface area contributed by atoms with E-state index in [1.807, 2.05) is 42.5 Å². The summed E-state index contributed by atoms with van der Waals surface area (Å²) < 4.78 is 22.2. The molecular formula is C23H30N2O5. The number of urea groups is 1. The van der Waals surface area contributed by atoms with Crippen molar-refractivity contribution < 1.29 is 23.7 Å². The molecule has 7 heteroatoms. The maximum atomic E-state index is 12.3. The number of hydrogen-bond acceptors (Lipinski definition) is 5. The summed E-state index contributed by atoms with van der Waals surface area (Å²) in [6.07, 6.45) is 3.58. The Labute approximate surface area is 177 Å². The Bertz CT molecular complexity index is 821. The number of hydrogen-bond donors (Lipinski definition) is 2. The Kier molecular flexibility index (Phi) is 8.35. The van der Waals surface area contributed by atoms with Crippen LogP contribution < -0.4 is 20.1 Å². The van der Waals surface area contributed by atoms with Gasteiger partial charge in [0.05, 0.1) is 33.5 Å². The number of rotatable bonds is 9. The highest BCUT2D eigenvalue weighted by molar-refractivity contribution is 5.89. The minimum atomic E-state index is -0.298. The van der Waals surface area contributed by atoms with Gasteiger partial charge >= 0.3 is 6.03 Å². The topological polar surface area (TPSA) is 78.1 Å². The molecule has 1 atom stereocenters. The molecule has 1 saturated heterocycles. The summed E-state index contributed by atoms with van der Waals surface area (Å²) in [5.41, 5.74) is 2.54. The van der Waals surface area contributed by atoms with E-state index in [0.717, 1.165) is 30.6 Å². The van der Waals surface area contributed by atoms with Crippen LogP contribution in [0.5, 0.6) is 11.5 Å². The average molecular weight is 415 g/mol. The zero-order valence-corrected chi connectivity index (χ0v) is 17.6. The van der Waals surface area contributed by atoms with E-state index in [9.17, 15) is 4.79 Å². The van der Waals surface area contributed by atoms with E-state index in [-0.39, 0.29) is 12.1 Å². The van der Waals surface area contributed by atoms with Crippen molar-refractivity contribution in [1.29, 1.82) is 0 Å². The standard InChI is InChI=1S/C23H30N2O5/c1-27-21-11-6-8-18(22(21)28-2)14-24-23(26)25-19-9-5-7-17(13-19)15-29-16-20-10-3-4-12-30-20/h5-9,11,13,20H,3-4,10,12,14-16H2,1-2H3,(H2,24,25,26). The summed E-state index contributed by atoms with van der Waals surface area (Å²) in [6, 6.07) is 12.9. The number of nitrogens with one attached hydrogen (secondary N) is 2. The van der Waals surface area contributed by atoms with Crippen LogP contribution in [0.15, 0.2) is 42.5 Å². The molecule has 30 heavy (non-hydrogen) atoms. The fraction of sp³-hybridized carbons (Fsp3) is 0.435. The summed E-state index contributed by atoms with van der Waals surface area (Å²) in [6.45, 7) is 2.22. The SMILES string of the molecule is COc1cccc(CNC(=O)Nc2cccc(COCC3CCCCO3)c2)c1OC. The number of amides is 2. The lowest BCUT2D eigenvalue weighted by Gasteiger charge is -2.22. The number of carbonyl (C=O) groups excluding carboxylic acids is 1. The van der Waals surface area contributed by atoms with E-state index in [0.29, 0.717) is 36.9 Å². The van der Waals surface area contributed by atoms with Crippen LogP contribution in [0.3, 0.4) is 0 Å². The number of benzene rings is 2. The van der Waals surface area contributed by atoms with Crippen LogP contribution in [-0.4, -0.2) is 39.6 Å². The van der Waals surface area contributed by atoms with E-state index in [2.05, 4.69) is 10.6 Å². The van der Waals surface area contributed by atoms with E-state index < -0.39 is 0 Å². The molecule has 0 aromatic heterocycles. The van der Waals surface area contributed by atoms with Crippen molar-refractivity contribution in [3.05, 3.63) is 53.6 Å². The predicted octanol–water partition coefficient (Wildman–Crippen LogP) is 4.11. The fourth-order valence-electron chi connectivity index (χ4n) is 3.43. The van der Waals surface area contributed by atoms with Gasteiger partial charge in [0.1, 0.15) is 0 Å². The van der Waals surface area contributed by atoms with Crippen LogP contribution in [0.1, 0.15) is 30.4 Å². The second-order valence-corrected chi connectivity index (χ2v) is 7.16. The summed E-state index contributed by atoms with van der Waals surface area (Å²) >= 11 is 0. The lowest BCUT2D eigenvalue weighted by Crippen LogP contribution is -2.28. The van der Waals surface area contributed by atoms with Gasteiger partial charge in [0.15, 0.2) is 11.5 Å². The molecule has 2 aromatic carbocycles. The molecule has 0 aliphatic carbocycles. The van der Waals surface area contributed by atoms with E-state index in [4.69, 9.17) is 18.9 Å². The molecule has 1 aliphatic heterocycles. The quantitative estimate of drug-likeness (QED) is 0.646. The Hall–Kier alpha value is -2.77. The number of anilines is 1. The lowest BCUT2D eigenvalue weighted by molar-refractivity contribution is -0.0447.